The van der Waals surface area contributed by atoms with Gasteiger partial charge in [-0.05, 0) is 63.1 Å². The minimum atomic E-state index is -0.134. The van der Waals surface area contributed by atoms with Gasteiger partial charge in [0.15, 0.2) is 0 Å². The van der Waals surface area contributed by atoms with Gasteiger partial charge in [-0.1, -0.05) is 12.1 Å². The molecule has 0 radical (unpaired) electrons. The van der Waals surface area contributed by atoms with Gasteiger partial charge in [0.2, 0.25) is 0 Å². The van der Waals surface area contributed by atoms with Crippen molar-refractivity contribution in [3.05, 3.63) is 34.4 Å². The van der Waals surface area contributed by atoms with Gasteiger partial charge in [-0.3, -0.25) is 4.79 Å². The Morgan fingerprint density at radius 3 is 2.55 bits per heavy atom. The van der Waals surface area contributed by atoms with Crippen LogP contribution in [0.5, 0.6) is 0 Å². The molecule has 0 aromatic heterocycles. The SMILES string of the molecule is Cc1cc(C2CC2)cc2c1C(=O)N(C(C)(C)C)[C@H]1CNC[C@H]21. The molecule has 2 aliphatic heterocycles. The Labute approximate surface area is 133 Å². The summed E-state index contributed by atoms with van der Waals surface area (Å²) in [5.41, 5.74) is 4.78. The Morgan fingerprint density at radius 2 is 1.91 bits per heavy atom. The lowest BCUT2D eigenvalue weighted by atomic mass is 9.79. The van der Waals surface area contributed by atoms with Crippen molar-refractivity contribution in [1.29, 1.82) is 0 Å². The molecule has 1 aromatic rings. The molecular formula is C19H26N2O. The second-order valence-electron chi connectivity index (χ2n) is 8.25. The topological polar surface area (TPSA) is 32.3 Å². The molecule has 22 heavy (non-hydrogen) atoms. The third kappa shape index (κ3) is 2.02. The first-order valence-electron chi connectivity index (χ1n) is 8.57. The van der Waals surface area contributed by atoms with E-state index in [0.717, 1.165) is 24.6 Å². The van der Waals surface area contributed by atoms with Crippen LogP contribution in [0.2, 0.25) is 0 Å². The molecule has 0 unspecified atom stereocenters. The van der Waals surface area contributed by atoms with Crippen LogP contribution in [0.25, 0.3) is 0 Å². The number of hydrogen-bond donors (Lipinski definition) is 1. The lowest BCUT2D eigenvalue weighted by Crippen LogP contribution is -2.56. The molecule has 1 N–H and O–H groups in total. The number of nitrogens with zero attached hydrogens (tertiary/aromatic N) is 1. The molecule has 0 bridgehead atoms. The van der Waals surface area contributed by atoms with Gasteiger partial charge in [0.05, 0.1) is 6.04 Å². The van der Waals surface area contributed by atoms with E-state index in [4.69, 9.17) is 0 Å². The zero-order valence-corrected chi connectivity index (χ0v) is 14.1. The number of fused-ring (bicyclic) bond motifs is 3. The number of carbonyl (C=O) groups excluding carboxylic acids is 1. The van der Waals surface area contributed by atoms with E-state index in [1.54, 1.807) is 0 Å². The van der Waals surface area contributed by atoms with E-state index in [1.165, 1.54) is 29.5 Å². The Morgan fingerprint density at radius 1 is 1.18 bits per heavy atom. The molecule has 118 valence electrons. The fourth-order valence-electron chi connectivity index (χ4n) is 4.41. The number of aryl methyl sites for hydroxylation is 1. The molecule has 1 saturated heterocycles. The molecule has 1 aromatic carbocycles. The predicted octanol–water partition coefficient (Wildman–Crippen LogP) is 3.18. The molecule has 1 amide bonds. The molecule has 3 aliphatic rings. The highest BCUT2D eigenvalue weighted by molar-refractivity contribution is 5.99. The van der Waals surface area contributed by atoms with E-state index < -0.39 is 0 Å². The number of amides is 1. The monoisotopic (exact) mass is 298 g/mol. The first-order valence-corrected chi connectivity index (χ1v) is 8.57. The summed E-state index contributed by atoms with van der Waals surface area (Å²) in [6.07, 6.45) is 2.62. The minimum absolute atomic E-state index is 0.134. The van der Waals surface area contributed by atoms with Gasteiger partial charge < -0.3 is 10.2 Å². The highest BCUT2D eigenvalue weighted by Crippen LogP contribution is 2.45. The van der Waals surface area contributed by atoms with Crippen LogP contribution in [0.4, 0.5) is 0 Å². The maximum absolute atomic E-state index is 13.2. The van der Waals surface area contributed by atoms with Gasteiger partial charge >= 0.3 is 0 Å². The van der Waals surface area contributed by atoms with Gasteiger partial charge in [0.1, 0.15) is 0 Å². The van der Waals surface area contributed by atoms with Crippen molar-refractivity contribution in [2.24, 2.45) is 0 Å². The largest absolute Gasteiger partial charge is 0.329 e. The fraction of sp³-hybridized carbons (Fsp3) is 0.632. The standard InChI is InChI=1S/C19H26N2O/c1-11-7-13(12-5-6-12)8-14-15-9-20-10-16(15)21(19(2,3)4)18(22)17(11)14/h7-8,12,15-16,20H,5-6,9-10H2,1-4H3/t15-,16+/m1/s1. The summed E-state index contributed by atoms with van der Waals surface area (Å²) in [6.45, 7) is 10.5. The van der Waals surface area contributed by atoms with Crippen LogP contribution in [-0.2, 0) is 0 Å². The Bertz CT molecular complexity index is 640. The van der Waals surface area contributed by atoms with Crippen LogP contribution >= 0.6 is 0 Å². The van der Waals surface area contributed by atoms with Crippen molar-refractivity contribution in [3.8, 4) is 0 Å². The lowest BCUT2D eigenvalue weighted by Gasteiger charge is -2.46. The summed E-state index contributed by atoms with van der Waals surface area (Å²) < 4.78 is 0. The zero-order chi connectivity index (χ0) is 15.6. The second kappa shape index (κ2) is 4.58. The predicted molar refractivity (Wildman–Crippen MR) is 88.5 cm³/mol. The second-order valence-corrected chi connectivity index (χ2v) is 8.25. The molecule has 2 atom stereocenters. The average molecular weight is 298 g/mol. The molecule has 1 saturated carbocycles. The molecule has 3 nitrogen and oxygen atoms in total. The third-order valence-electron chi connectivity index (χ3n) is 5.51. The third-order valence-corrected chi connectivity index (χ3v) is 5.51. The van der Waals surface area contributed by atoms with Gasteiger partial charge in [-0.2, -0.15) is 0 Å². The highest BCUT2D eigenvalue weighted by Gasteiger charge is 2.47. The van der Waals surface area contributed by atoms with Crippen LogP contribution in [0.3, 0.4) is 0 Å². The van der Waals surface area contributed by atoms with Gasteiger partial charge in [-0.25, -0.2) is 0 Å². The Hall–Kier alpha value is -1.35. The molecule has 2 heterocycles. The first kappa shape index (κ1) is 14.3. The molecular weight excluding hydrogens is 272 g/mol. The van der Waals surface area contributed by atoms with E-state index in [9.17, 15) is 4.79 Å². The average Bonchev–Trinajstić information content (AvgIpc) is 3.15. The van der Waals surface area contributed by atoms with Crippen molar-refractivity contribution in [3.63, 3.8) is 0 Å². The normalized spacial score (nSPS) is 27.8. The fourth-order valence-corrected chi connectivity index (χ4v) is 4.41. The maximum Gasteiger partial charge on any atom is 0.255 e. The van der Waals surface area contributed by atoms with Crippen LogP contribution in [-0.4, -0.2) is 35.5 Å². The quantitative estimate of drug-likeness (QED) is 0.863. The summed E-state index contributed by atoms with van der Waals surface area (Å²) in [6, 6.07) is 4.91. The molecule has 4 rings (SSSR count). The summed E-state index contributed by atoms with van der Waals surface area (Å²) in [7, 11) is 0. The molecule has 3 heteroatoms. The van der Waals surface area contributed by atoms with E-state index in [1.807, 2.05) is 0 Å². The Kier molecular flexibility index (Phi) is 2.96. The van der Waals surface area contributed by atoms with E-state index in [2.05, 4.69) is 50.0 Å². The summed E-state index contributed by atoms with van der Waals surface area (Å²) in [5, 5.41) is 3.52. The van der Waals surface area contributed by atoms with Gasteiger partial charge in [0.25, 0.3) is 5.91 Å². The van der Waals surface area contributed by atoms with Crippen LogP contribution in [0.15, 0.2) is 12.1 Å². The van der Waals surface area contributed by atoms with Crippen molar-refractivity contribution in [2.45, 2.75) is 64.0 Å². The van der Waals surface area contributed by atoms with Crippen molar-refractivity contribution in [2.75, 3.05) is 13.1 Å². The van der Waals surface area contributed by atoms with Gasteiger partial charge in [-0.15, -0.1) is 0 Å². The van der Waals surface area contributed by atoms with Crippen LogP contribution in [0, 0.1) is 6.92 Å². The van der Waals surface area contributed by atoms with E-state index in [-0.39, 0.29) is 11.4 Å². The Balaban J connectivity index is 1.88. The van der Waals surface area contributed by atoms with Crippen molar-refractivity contribution in [1.82, 2.24) is 10.2 Å². The number of carbonyl (C=O) groups is 1. The lowest BCUT2D eigenvalue weighted by molar-refractivity contribution is 0.0400. The molecule has 2 fully saturated rings. The minimum Gasteiger partial charge on any atom is -0.329 e. The maximum atomic E-state index is 13.2. The van der Waals surface area contributed by atoms with Crippen molar-refractivity contribution < 1.29 is 4.79 Å². The smallest absolute Gasteiger partial charge is 0.255 e. The van der Waals surface area contributed by atoms with E-state index in [0.29, 0.717) is 12.0 Å². The first-order chi connectivity index (χ1) is 10.4. The number of rotatable bonds is 1. The summed E-state index contributed by atoms with van der Waals surface area (Å²) >= 11 is 0. The summed E-state index contributed by atoms with van der Waals surface area (Å²) in [4.78, 5) is 15.4. The van der Waals surface area contributed by atoms with Crippen LogP contribution < -0.4 is 5.32 Å². The van der Waals surface area contributed by atoms with Crippen molar-refractivity contribution >= 4 is 5.91 Å². The number of nitrogens with one attached hydrogen (secondary N) is 1. The molecule has 0 spiro atoms. The van der Waals surface area contributed by atoms with Gasteiger partial charge in [0, 0.05) is 30.1 Å². The molecule has 1 aliphatic carbocycles. The number of hydrogen-bond acceptors (Lipinski definition) is 2. The summed E-state index contributed by atoms with van der Waals surface area (Å²) in [5.74, 6) is 1.42. The number of benzene rings is 1. The van der Waals surface area contributed by atoms with Crippen LogP contribution in [0.1, 0.15) is 72.5 Å². The zero-order valence-electron chi connectivity index (χ0n) is 14.1. The van der Waals surface area contributed by atoms with E-state index >= 15 is 0 Å². The highest BCUT2D eigenvalue weighted by atomic mass is 16.2.